The number of hydrogen-bond acceptors (Lipinski definition) is 3. The highest BCUT2D eigenvalue weighted by molar-refractivity contribution is 7.89. The molecule has 1 aliphatic rings. The maximum absolute atomic E-state index is 12.0. The molecule has 1 aromatic carbocycles. The van der Waals surface area contributed by atoms with Gasteiger partial charge in [0.15, 0.2) is 0 Å². The van der Waals surface area contributed by atoms with Crippen LogP contribution in [0.1, 0.15) is 25.7 Å². The van der Waals surface area contributed by atoms with Gasteiger partial charge < -0.3 is 5.73 Å². The minimum Gasteiger partial charge on any atom is -0.398 e. The molecule has 0 atom stereocenters. The second kappa shape index (κ2) is 5.47. The second-order valence-corrected chi connectivity index (χ2v) is 6.84. The third-order valence-electron chi connectivity index (χ3n) is 3.33. The van der Waals surface area contributed by atoms with Crippen LogP contribution in [0, 0.1) is 5.92 Å². The zero-order valence-electron chi connectivity index (χ0n) is 10.0. The number of benzene rings is 1. The van der Waals surface area contributed by atoms with Crippen molar-refractivity contribution in [3.63, 3.8) is 0 Å². The van der Waals surface area contributed by atoms with Gasteiger partial charge in [-0.3, -0.25) is 0 Å². The Balaban J connectivity index is 2.00. The highest BCUT2D eigenvalue weighted by Gasteiger charge is 2.20. The van der Waals surface area contributed by atoms with E-state index in [2.05, 4.69) is 4.72 Å². The molecule has 4 nitrogen and oxygen atoms in total. The first-order valence-electron chi connectivity index (χ1n) is 6.04. The molecule has 1 fully saturated rings. The number of hydrogen-bond donors (Lipinski definition) is 2. The minimum absolute atomic E-state index is 0.0977. The Hall–Kier alpha value is -0.780. The first-order valence-corrected chi connectivity index (χ1v) is 7.90. The summed E-state index contributed by atoms with van der Waals surface area (Å²) >= 11 is 5.74. The Morgan fingerprint density at radius 2 is 2.11 bits per heavy atom. The molecule has 1 aromatic rings. The van der Waals surface area contributed by atoms with Crippen molar-refractivity contribution in [1.29, 1.82) is 0 Å². The number of rotatable bonds is 5. The molecule has 0 bridgehead atoms. The number of nitrogen functional groups attached to an aromatic ring is 1. The smallest absolute Gasteiger partial charge is 0.242 e. The van der Waals surface area contributed by atoms with Crippen molar-refractivity contribution in [1.82, 2.24) is 4.72 Å². The largest absolute Gasteiger partial charge is 0.398 e. The fraction of sp³-hybridized carbons (Fsp3) is 0.500. The normalized spacial score (nSPS) is 16.5. The van der Waals surface area contributed by atoms with E-state index < -0.39 is 10.0 Å². The van der Waals surface area contributed by atoms with Crippen LogP contribution in [0.5, 0.6) is 0 Å². The van der Waals surface area contributed by atoms with E-state index in [1.165, 1.54) is 37.5 Å². The standard InChI is InChI=1S/C12H17ClN2O2S/c13-10-4-5-12(11(14)8-10)18(16,17)15-7-6-9-2-1-3-9/h4-5,8-9,15H,1-3,6-7,14H2. The molecule has 3 N–H and O–H groups in total. The van der Waals surface area contributed by atoms with Crippen LogP contribution >= 0.6 is 11.6 Å². The van der Waals surface area contributed by atoms with E-state index in [9.17, 15) is 8.42 Å². The van der Waals surface area contributed by atoms with Crippen LogP contribution in [0.2, 0.25) is 5.02 Å². The first kappa shape index (κ1) is 13.6. The summed E-state index contributed by atoms with van der Waals surface area (Å²) in [5, 5.41) is 0.431. The van der Waals surface area contributed by atoms with Crippen molar-refractivity contribution >= 4 is 27.3 Å². The number of anilines is 1. The summed E-state index contributed by atoms with van der Waals surface area (Å²) in [6.07, 6.45) is 4.59. The van der Waals surface area contributed by atoms with Gasteiger partial charge in [0.05, 0.1) is 5.69 Å². The molecular formula is C12H17ClN2O2S. The molecule has 1 saturated carbocycles. The predicted octanol–water partition coefficient (Wildman–Crippen LogP) is 2.39. The van der Waals surface area contributed by atoms with Crippen molar-refractivity contribution in [3.8, 4) is 0 Å². The molecule has 0 saturated heterocycles. The van der Waals surface area contributed by atoms with Crippen LogP contribution in [0.3, 0.4) is 0 Å². The number of nitrogens with one attached hydrogen (secondary N) is 1. The van der Waals surface area contributed by atoms with Crippen LogP contribution in [0.15, 0.2) is 23.1 Å². The molecule has 0 spiro atoms. The summed E-state index contributed by atoms with van der Waals surface area (Å²) < 4.78 is 26.6. The molecule has 18 heavy (non-hydrogen) atoms. The number of halogens is 1. The van der Waals surface area contributed by atoms with Gasteiger partial charge in [0.1, 0.15) is 4.90 Å². The SMILES string of the molecule is Nc1cc(Cl)ccc1S(=O)(=O)NCCC1CCC1. The summed E-state index contributed by atoms with van der Waals surface area (Å²) in [6.45, 7) is 0.467. The first-order chi connectivity index (χ1) is 8.49. The van der Waals surface area contributed by atoms with E-state index in [1.54, 1.807) is 0 Å². The zero-order valence-corrected chi connectivity index (χ0v) is 11.6. The zero-order chi connectivity index (χ0) is 13.2. The molecule has 0 amide bonds. The van der Waals surface area contributed by atoms with Crippen LogP contribution in [-0.2, 0) is 10.0 Å². The summed E-state index contributed by atoms with van der Waals surface area (Å²) in [5.41, 5.74) is 5.85. The van der Waals surface area contributed by atoms with Gasteiger partial charge >= 0.3 is 0 Å². The molecular weight excluding hydrogens is 272 g/mol. The summed E-state index contributed by atoms with van der Waals surface area (Å²) in [6, 6.07) is 4.41. The second-order valence-electron chi connectivity index (χ2n) is 4.67. The van der Waals surface area contributed by atoms with Crippen molar-refractivity contribution in [2.24, 2.45) is 5.92 Å². The summed E-state index contributed by atoms with van der Waals surface area (Å²) in [5.74, 6) is 0.676. The molecule has 0 radical (unpaired) electrons. The van der Waals surface area contributed by atoms with Crippen LogP contribution < -0.4 is 10.5 Å². The Labute approximate surface area is 113 Å². The van der Waals surface area contributed by atoms with Gasteiger partial charge in [0, 0.05) is 11.6 Å². The highest BCUT2D eigenvalue weighted by atomic mass is 35.5. The van der Waals surface area contributed by atoms with E-state index in [0.29, 0.717) is 17.5 Å². The highest BCUT2D eigenvalue weighted by Crippen LogP contribution is 2.29. The lowest BCUT2D eigenvalue weighted by Gasteiger charge is -2.25. The van der Waals surface area contributed by atoms with Crippen molar-refractivity contribution in [2.45, 2.75) is 30.6 Å². The van der Waals surface area contributed by atoms with Gasteiger partial charge in [-0.1, -0.05) is 30.9 Å². The Morgan fingerprint density at radius 3 is 2.67 bits per heavy atom. The van der Waals surface area contributed by atoms with Crippen molar-refractivity contribution < 1.29 is 8.42 Å². The van der Waals surface area contributed by atoms with Gasteiger partial charge in [-0.15, -0.1) is 0 Å². The topological polar surface area (TPSA) is 72.2 Å². The summed E-state index contributed by atoms with van der Waals surface area (Å²) in [4.78, 5) is 0.0977. The van der Waals surface area contributed by atoms with Gasteiger partial charge in [0.2, 0.25) is 10.0 Å². The van der Waals surface area contributed by atoms with Gasteiger partial charge in [-0.2, -0.15) is 0 Å². The van der Waals surface area contributed by atoms with Crippen LogP contribution in [0.4, 0.5) is 5.69 Å². The van der Waals surface area contributed by atoms with Gasteiger partial charge in [-0.25, -0.2) is 13.1 Å². The maximum atomic E-state index is 12.0. The fourth-order valence-corrected chi connectivity index (χ4v) is 3.36. The Bertz CT molecular complexity index is 527. The Kier molecular flexibility index (Phi) is 4.14. The van der Waals surface area contributed by atoms with E-state index in [4.69, 9.17) is 17.3 Å². The van der Waals surface area contributed by atoms with E-state index in [1.807, 2.05) is 0 Å². The predicted molar refractivity (Wildman–Crippen MR) is 73.0 cm³/mol. The lowest BCUT2D eigenvalue weighted by Crippen LogP contribution is -2.28. The molecule has 2 rings (SSSR count). The molecule has 1 aliphatic carbocycles. The molecule has 0 aliphatic heterocycles. The molecule has 0 unspecified atom stereocenters. The van der Waals surface area contributed by atoms with Crippen LogP contribution in [-0.4, -0.2) is 15.0 Å². The third kappa shape index (κ3) is 3.16. The van der Waals surface area contributed by atoms with E-state index >= 15 is 0 Å². The number of sulfonamides is 1. The van der Waals surface area contributed by atoms with Gasteiger partial charge in [-0.05, 0) is 30.5 Å². The van der Waals surface area contributed by atoms with Crippen LogP contribution in [0.25, 0.3) is 0 Å². The lowest BCUT2D eigenvalue weighted by atomic mass is 9.83. The maximum Gasteiger partial charge on any atom is 0.242 e. The average molecular weight is 289 g/mol. The molecule has 6 heteroatoms. The van der Waals surface area contributed by atoms with E-state index in [0.717, 1.165) is 6.42 Å². The fourth-order valence-electron chi connectivity index (χ4n) is 2.02. The monoisotopic (exact) mass is 288 g/mol. The number of nitrogens with two attached hydrogens (primary N) is 1. The van der Waals surface area contributed by atoms with Crippen molar-refractivity contribution in [3.05, 3.63) is 23.2 Å². The summed E-state index contributed by atoms with van der Waals surface area (Å²) in [7, 11) is -3.52. The quantitative estimate of drug-likeness (QED) is 0.817. The third-order valence-corrected chi connectivity index (χ3v) is 5.10. The van der Waals surface area contributed by atoms with Crippen molar-refractivity contribution in [2.75, 3.05) is 12.3 Å². The average Bonchev–Trinajstić information content (AvgIpc) is 2.21. The Morgan fingerprint density at radius 1 is 1.39 bits per heavy atom. The molecule has 0 aromatic heterocycles. The molecule has 0 heterocycles. The van der Waals surface area contributed by atoms with E-state index in [-0.39, 0.29) is 10.6 Å². The minimum atomic E-state index is -3.52. The van der Waals surface area contributed by atoms with Gasteiger partial charge in [0.25, 0.3) is 0 Å². The lowest BCUT2D eigenvalue weighted by molar-refractivity contribution is 0.297. The molecule has 100 valence electrons.